The molecular formula is C27H30N6O5. The first kappa shape index (κ1) is 25.5. The average Bonchev–Trinajstić information content (AvgIpc) is 3.10. The topological polar surface area (TPSA) is 129 Å². The van der Waals surface area contributed by atoms with Gasteiger partial charge in [-0.1, -0.05) is 6.07 Å². The predicted molar refractivity (Wildman–Crippen MR) is 137 cm³/mol. The number of aromatic nitrogens is 4. The largest absolute Gasteiger partial charge is 0.444 e. The molecule has 2 aliphatic rings. The SMILES string of the molecule is CC(C)(C)OC(=O)N1CCc2cc(C(=O)NC3COCCn4c3nc(-c3ccncn3)cc4=O)ccc2C1. The minimum Gasteiger partial charge on any atom is -0.444 e. The Morgan fingerprint density at radius 1 is 1.11 bits per heavy atom. The number of hydrogen-bond donors (Lipinski definition) is 1. The van der Waals surface area contributed by atoms with Crippen LogP contribution < -0.4 is 10.9 Å². The van der Waals surface area contributed by atoms with Gasteiger partial charge in [0.05, 0.1) is 31.1 Å². The number of rotatable bonds is 3. The van der Waals surface area contributed by atoms with Gasteiger partial charge in [0.25, 0.3) is 11.5 Å². The molecule has 38 heavy (non-hydrogen) atoms. The summed E-state index contributed by atoms with van der Waals surface area (Å²) in [7, 11) is 0. The fraction of sp³-hybridized carbons (Fsp3) is 0.407. The molecule has 2 aliphatic heterocycles. The number of carbonyl (C=O) groups is 2. The molecule has 1 aromatic carbocycles. The Kier molecular flexibility index (Phi) is 6.94. The molecule has 11 nitrogen and oxygen atoms in total. The van der Waals surface area contributed by atoms with Gasteiger partial charge in [-0.15, -0.1) is 0 Å². The van der Waals surface area contributed by atoms with Gasteiger partial charge in [0.15, 0.2) is 0 Å². The maximum absolute atomic E-state index is 13.3. The van der Waals surface area contributed by atoms with E-state index in [0.29, 0.717) is 55.4 Å². The molecule has 0 spiro atoms. The van der Waals surface area contributed by atoms with Crippen LogP contribution in [0.25, 0.3) is 11.4 Å². The highest BCUT2D eigenvalue weighted by atomic mass is 16.6. The normalized spacial score (nSPS) is 17.1. The van der Waals surface area contributed by atoms with Gasteiger partial charge in [-0.3, -0.25) is 14.2 Å². The van der Waals surface area contributed by atoms with E-state index >= 15 is 0 Å². The van der Waals surface area contributed by atoms with Crippen LogP contribution in [0.3, 0.4) is 0 Å². The molecule has 0 saturated heterocycles. The highest BCUT2D eigenvalue weighted by Crippen LogP contribution is 2.24. The first-order valence-electron chi connectivity index (χ1n) is 12.5. The van der Waals surface area contributed by atoms with Gasteiger partial charge < -0.3 is 19.7 Å². The minimum absolute atomic E-state index is 0.182. The molecule has 1 atom stereocenters. The maximum Gasteiger partial charge on any atom is 0.410 e. The molecule has 1 N–H and O–H groups in total. The van der Waals surface area contributed by atoms with Gasteiger partial charge in [-0.2, -0.15) is 0 Å². The number of benzene rings is 1. The second kappa shape index (κ2) is 10.3. The zero-order valence-corrected chi connectivity index (χ0v) is 21.6. The van der Waals surface area contributed by atoms with Crippen molar-refractivity contribution in [1.82, 2.24) is 29.7 Å². The molecular weight excluding hydrogens is 488 g/mol. The zero-order chi connectivity index (χ0) is 26.9. The summed E-state index contributed by atoms with van der Waals surface area (Å²) in [6.07, 6.45) is 3.25. The van der Waals surface area contributed by atoms with Gasteiger partial charge in [-0.25, -0.2) is 19.7 Å². The van der Waals surface area contributed by atoms with E-state index in [4.69, 9.17) is 9.47 Å². The summed E-state index contributed by atoms with van der Waals surface area (Å²) in [5, 5.41) is 2.99. The molecule has 0 bridgehead atoms. The van der Waals surface area contributed by atoms with E-state index < -0.39 is 11.6 Å². The number of nitrogens with one attached hydrogen (secondary N) is 1. The Morgan fingerprint density at radius 3 is 2.71 bits per heavy atom. The van der Waals surface area contributed by atoms with Crippen LogP contribution in [0.5, 0.6) is 0 Å². The molecule has 5 rings (SSSR count). The monoisotopic (exact) mass is 518 g/mol. The van der Waals surface area contributed by atoms with Crippen molar-refractivity contribution in [2.45, 2.75) is 51.9 Å². The summed E-state index contributed by atoms with van der Waals surface area (Å²) < 4.78 is 12.7. The van der Waals surface area contributed by atoms with Crippen molar-refractivity contribution in [3.05, 3.63) is 75.7 Å². The summed E-state index contributed by atoms with van der Waals surface area (Å²) in [6.45, 7) is 7.31. The van der Waals surface area contributed by atoms with Crippen LogP contribution in [0.2, 0.25) is 0 Å². The summed E-state index contributed by atoms with van der Waals surface area (Å²) in [5.41, 5.74) is 2.60. The molecule has 4 heterocycles. The van der Waals surface area contributed by atoms with Crippen molar-refractivity contribution >= 4 is 12.0 Å². The van der Waals surface area contributed by atoms with Crippen molar-refractivity contribution < 1.29 is 19.1 Å². The summed E-state index contributed by atoms with van der Waals surface area (Å²) in [5.74, 6) is 0.119. The highest BCUT2D eigenvalue weighted by molar-refractivity contribution is 5.94. The van der Waals surface area contributed by atoms with Gasteiger partial charge >= 0.3 is 6.09 Å². The van der Waals surface area contributed by atoms with Crippen LogP contribution >= 0.6 is 0 Å². The lowest BCUT2D eigenvalue weighted by molar-refractivity contribution is 0.0223. The Labute approximate surface area is 219 Å². The third kappa shape index (κ3) is 5.57. The van der Waals surface area contributed by atoms with Crippen molar-refractivity contribution in [2.75, 3.05) is 19.8 Å². The highest BCUT2D eigenvalue weighted by Gasteiger charge is 2.28. The Balaban J connectivity index is 1.35. The van der Waals surface area contributed by atoms with Crippen LogP contribution in [0.15, 0.2) is 47.7 Å². The lowest BCUT2D eigenvalue weighted by Crippen LogP contribution is -2.40. The van der Waals surface area contributed by atoms with E-state index in [1.807, 2.05) is 32.9 Å². The van der Waals surface area contributed by atoms with Crippen LogP contribution in [-0.2, 0) is 29.0 Å². The molecule has 2 amide bonds. The van der Waals surface area contributed by atoms with Crippen molar-refractivity contribution in [3.63, 3.8) is 0 Å². The molecule has 0 radical (unpaired) electrons. The van der Waals surface area contributed by atoms with Gasteiger partial charge in [-0.05, 0) is 56.5 Å². The molecule has 3 aromatic rings. The quantitative estimate of drug-likeness (QED) is 0.560. The minimum atomic E-state index is -0.627. The molecule has 0 aliphatic carbocycles. The van der Waals surface area contributed by atoms with Crippen molar-refractivity contribution in [3.8, 4) is 11.4 Å². The predicted octanol–water partition coefficient (Wildman–Crippen LogP) is 2.49. The van der Waals surface area contributed by atoms with Crippen molar-refractivity contribution in [2.24, 2.45) is 0 Å². The van der Waals surface area contributed by atoms with Gasteiger partial charge in [0.1, 0.15) is 23.8 Å². The summed E-state index contributed by atoms with van der Waals surface area (Å²) in [6, 6.07) is 7.94. The number of carbonyl (C=O) groups excluding carboxylic acids is 2. The number of hydrogen-bond acceptors (Lipinski definition) is 8. The summed E-state index contributed by atoms with van der Waals surface area (Å²) in [4.78, 5) is 53.1. The number of amides is 2. The Hall–Kier alpha value is -4.12. The Morgan fingerprint density at radius 2 is 1.95 bits per heavy atom. The first-order valence-corrected chi connectivity index (χ1v) is 12.5. The van der Waals surface area contributed by atoms with E-state index in [1.165, 1.54) is 17.0 Å². The van der Waals surface area contributed by atoms with Crippen LogP contribution in [0.4, 0.5) is 4.79 Å². The standard InChI is InChI=1S/C27H30N6O5/c1-27(2,3)38-26(36)32-9-7-17-12-18(4-5-19(17)14-32)25(35)31-22-15-37-11-10-33-23(34)13-21(30-24(22)33)20-6-8-28-16-29-20/h4-6,8,12-13,16,22H,7,9-11,14-15H2,1-3H3,(H,31,35). The van der Waals surface area contributed by atoms with Gasteiger partial charge in [0.2, 0.25) is 0 Å². The molecule has 1 unspecified atom stereocenters. The number of nitrogens with zero attached hydrogens (tertiary/aromatic N) is 5. The Bertz CT molecular complexity index is 1420. The lowest BCUT2D eigenvalue weighted by atomic mass is 9.97. The molecule has 2 aromatic heterocycles. The fourth-order valence-corrected chi connectivity index (χ4v) is 4.54. The zero-order valence-electron chi connectivity index (χ0n) is 21.6. The van der Waals surface area contributed by atoms with E-state index in [-0.39, 0.29) is 24.2 Å². The fourth-order valence-electron chi connectivity index (χ4n) is 4.54. The third-order valence-electron chi connectivity index (χ3n) is 6.38. The number of fused-ring (bicyclic) bond motifs is 2. The van der Waals surface area contributed by atoms with Crippen molar-refractivity contribution in [1.29, 1.82) is 0 Å². The van der Waals surface area contributed by atoms with E-state index in [2.05, 4.69) is 20.3 Å². The summed E-state index contributed by atoms with van der Waals surface area (Å²) >= 11 is 0. The molecule has 11 heteroatoms. The smallest absolute Gasteiger partial charge is 0.410 e. The van der Waals surface area contributed by atoms with E-state index in [0.717, 1.165) is 11.1 Å². The first-order chi connectivity index (χ1) is 18.2. The molecule has 0 fully saturated rings. The molecule has 198 valence electrons. The van der Waals surface area contributed by atoms with E-state index in [9.17, 15) is 14.4 Å². The lowest BCUT2D eigenvalue weighted by Gasteiger charge is -2.31. The second-order valence-corrected chi connectivity index (χ2v) is 10.3. The third-order valence-corrected chi connectivity index (χ3v) is 6.38. The van der Waals surface area contributed by atoms with Crippen LogP contribution in [0.1, 0.15) is 54.1 Å². The second-order valence-electron chi connectivity index (χ2n) is 10.3. The number of ether oxygens (including phenoxy) is 2. The van der Waals surface area contributed by atoms with E-state index in [1.54, 1.807) is 23.2 Å². The maximum atomic E-state index is 13.3. The van der Waals surface area contributed by atoms with Crippen LogP contribution in [-0.4, -0.2) is 61.8 Å². The molecule has 0 saturated carbocycles. The van der Waals surface area contributed by atoms with Gasteiger partial charge in [0, 0.05) is 30.9 Å². The average molecular weight is 519 g/mol. The van der Waals surface area contributed by atoms with Crippen LogP contribution in [0, 0.1) is 0 Å².